The molecule has 3 aromatic carbocycles. The molecule has 0 saturated heterocycles. The van der Waals surface area contributed by atoms with Crippen molar-refractivity contribution in [3.05, 3.63) is 76.9 Å². The van der Waals surface area contributed by atoms with Crippen molar-refractivity contribution in [2.45, 2.75) is 33.7 Å². The highest BCUT2D eigenvalue weighted by Crippen LogP contribution is 2.24. The van der Waals surface area contributed by atoms with E-state index >= 15 is 0 Å². The minimum Gasteiger partial charge on any atom is -0.348 e. The van der Waals surface area contributed by atoms with Crippen molar-refractivity contribution in [1.82, 2.24) is 10.2 Å². The van der Waals surface area contributed by atoms with Gasteiger partial charge in [0.25, 0.3) is 0 Å². The van der Waals surface area contributed by atoms with Crippen molar-refractivity contribution in [1.29, 1.82) is 0 Å². The first-order valence-corrected chi connectivity index (χ1v) is 10.6. The van der Waals surface area contributed by atoms with Gasteiger partial charge >= 0.3 is 0 Å². The lowest BCUT2D eigenvalue weighted by atomic mass is 10.00. The molecule has 0 heterocycles. The molecule has 0 saturated carbocycles. The number of benzene rings is 3. The molecular weight excluding hydrogens is 386 g/mol. The largest absolute Gasteiger partial charge is 0.348 e. The quantitative estimate of drug-likeness (QED) is 0.594. The van der Waals surface area contributed by atoms with Crippen molar-refractivity contribution in [2.24, 2.45) is 0 Å². The van der Waals surface area contributed by atoms with Gasteiger partial charge in [0.2, 0.25) is 11.8 Å². The maximum absolute atomic E-state index is 12.6. The maximum atomic E-state index is 12.6. The third kappa shape index (κ3) is 5.70. The zero-order chi connectivity index (χ0) is 22.5. The second-order valence-corrected chi connectivity index (χ2v) is 8.35. The molecule has 31 heavy (non-hydrogen) atoms. The third-order valence-electron chi connectivity index (χ3n) is 5.44. The number of fused-ring (bicyclic) bond motifs is 1. The van der Waals surface area contributed by atoms with Crippen LogP contribution in [0.3, 0.4) is 0 Å². The number of carbonyl (C=O) groups excluding carboxylic acids is 2. The monoisotopic (exact) mass is 417 g/mol. The van der Waals surface area contributed by atoms with E-state index in [1.54, 1.807) is 11.9 Å². The molecule has 2 amide bonds. The second-order valence-electron chi connectivity index (χ2n) is 8.35. The summed E-state index contributed by atoms with van der Waals surface area (Å²) in [5.41, 5.74) is 5.17. The summed E-state index contributed by atoms with van der Waals surface area (Å²) in [6.45, 7) is 8.28. The SMILES string of the molecule is Cc1cc(C)c(NC(=O)CN(C)CC(=O)N[C@H](C)c2cccc3ccccc23)c(C)c1. The number of aryl methyl sites for hydroxylation is 3. The Hall–Kier alpha value is -3.18. The summed E-state index contributed by atoms with van der Waals surface area (Å²) in [7, 11) is 1.77. The Morgan fingerprint density at radius 2 is 1.52 bits per heavy atom. The molecule has 0 radical (unpaired) electrons. The summed E-state index contributed by atoms with van der Waals surface area (Å²) in [5.74, 6) is -0.245. The van der Waals surface area contributed by atoms with Gasteiger partial charge in [-0.2, -0.15) is 0 Å². The van der Waals surface area contributed by atoms with Crippen molar-refractivity contribution >= 4 is 28.3 Å². The lowest BCUT2D eigenvalue weighted by molar-refractivity contribution is -0.123. The van der Waals surface area contributed by atoms with Crippen LogP contribution in [0.25, 0.3) is 10.8 Å². The van der Waals surface area contributed by atoms with Gasteiger partial charge in [-0.15, -0.1) is 0 Å². The Morgan fingerprint density at radius 3 is 2.23 bits per heavy atom. The summed E-state index contributed by atoms with van der Waals surface area (Å²) in [5, 5.41) is 8.32. The summed E-state index contributed by atoms with van der Waals surface area (Å²) in [4.78, 5) is 26.8. The maximum Gasteiger partial charge on any atom is 0.238 e. The van der Waals surface area contributed by atoms with Crippen LogP contribution in [0.1, 0.15) is 35.2 Å². The fourth-order valence-corrected chi connectivity index (χ4v) is 4.10. The van der Waals surface area contributed by atoms with Crippen molar-refractivity contribution < 1.29 is 9.59 Å². The van der Waals surface area contributed by atoms with Gasteiger partial charge in [0.15, 0.2) is 0 Å². The van der Waals surface area contributed by atoms with E-state index in [2.05, 4.69) is 41.0 Å². The van der Waals surface area contributed by atoms with Crippen LogP contribution in [0.2, 0.25) is 0 Å². The first-order chi connectivity index (χ1) is 14.7. The molecule has 2 N–H and O–H groups in total. The summed E-state index contributed by atoms with van der Waals surface area (Å²) in [6.07, 6.45) is 0. The molecule has 3 rings (SSSR count). The first-order valence-electron chi connectivity index (χ1n) is 10.6. The van der Waals surface area contributed by atoms with Crippen molar-refractivity contribution in [3.8, 4) is 0 Å². The van der Waals surface area contributed by atoms with E-state index in [-0.39, 0.29) is 30.9 Å². The molecule has 5 nitrogen and oxygen atoms in total. The lowest BCUT2D eigenvalue weighted by Gasteiger charge is -2.20. The highest BCUT2D eigenvalue weighted by atomic mass is 16.2. The molecule has 0 aliphatic carbocycles. The number of nitrogens with zero attached hydrogens (tertiary/aromatic N) is 1. The Balaban J connectivity index is 1.56. The third-order valence-corrected chi connectivity index (χ3v) is 5.44. The number of hydrogen-bond acceptors (Lipinski definition) is 3. The minimum absolute atomic E-state index is 0.113. The Labute approximate surface area is 184 Å². The Morgan fingerprint density at radius 1 is 0.903 bits per heavy atom. The molecule has 0 fully saturated rings. The summed E-state index contributed by atoms with van der Waals surface area (Å²) in [6, 6.07) is 18.2. The van der Waals surface area contributed by atoms with E-state index < -0.39 is 0 Å². The molecule has 162 valence electrons. The van der Waals surface area contributed by atoms with E-state index in [1.165, 1.54) is 5.56 Å². The van der Waals surface area contributed by atoms with Crippen LogP contribution >= 0.6 is 0 Å². The van der Waals surface area contributed by atoms with Gasteiger partial charge in [-0.1, -0.05) is 60.2 Å². The molecule has 0 aromatic heterocycles. The van der Waals surface area contributed by atoms with Crippen LogP contribution in [0.4, 0.5) is 5.69 Å². The van der Waals surface area contributed by atoms with E-state index in [0.29, 0.717) is 0 Å². The lowest BCUT2D eigenvalue weighted by Crippen LogP contribution is -2.39. The number of hydrogen-bond donors (Lipinski definition) is 2. The highest BCUT2D eigenvalue weighted by Gasteiger charge is 2.16. The number of amides is 2. The Bertz CT molecular complexity index is 1080. The van der Waals surface area contributed by atoms with Crippen LogP contribution in [-0.4, -0.2) is 36.9 Å². The molecule has 5 heteroatoms. The normalized spacial score (nSPS) is 12.1. The van der Waals surface area contributed by atoms with E-state index in [9.17, 15) is 9.59 Å². The van der Waals surface area contributed by atoms with E-state index in [0.717, 1.165) is 33.2 Å². The molecule has 1 atom stereocenters. The molecular formula is C26H31N3O2. The molecule has 0 aliphatic rings. The van der Waals surface area contributed by atoms with Gasteiger partial charge in [0.1, 0.15) is 0 Å². The van der Waals surface area contributed by atoms with Crippen LogP contribution < -0.4 is 10.6 Å². The predicted molar refractivity (Wildman–Crippen MR) is 127 cm³/mol. The van der Waals surface area contributed by atoms with Gasteiger partial charge < -0.3 is 10.6 Å². The highest BCUT2D eigenvalue weighted by molar-refractivity contribution is 5.94. The zero-order valence-corrected chi connectivity index (χ0v) is 19.0. The van der Waals surface area contributed by atoms with E-state index in [4.69, 9.17) is 0 Å². The molecule has 0 spiro atoms. The van der Waals surface area contributed by atoms with Crippen molar-refractivity contribution in [3.63, 3.8) is 0 Å². The number of rotatable bonds is 7. The minimum atomic E-state index is -0.132. The fourth-order valence-electron chi connectivity index (χ4n) is 4.10. The Kier molecular flexibility index (Phi) is 7.08. The average molecular weight is 418 g/mol. The van der Waals surface area contributed by atoms with Gasteiger partial charge in [-0.25, -0.2) is 0 Å². The standard InChI is InChI=1S/C26H31N3O2/c1-17-13-18(2)26(19(3)14-17)28-25(31)16-29(5)15-24(30)27-20(4)22-12-8-10-21-9-6-7-11-23(21)22/h6-14,20H,15-16H2,1-5H3,(H,27,30)(H,28,31)/t20-/m1/s1. The smallest absolute Gasteiger partial charge is 0.238 e. The molecule has 0 bridgehead atoms. The number of anilines is 1. The number of nitrogens with one attached hydrogen (secondary N) is 2. The average Bonchev–Trinajstić information content (AvgIpc) is 2.69. The zero-order valence-electron chi connectivity index (χ0n) is 19.0. The van der Waals surface area contributed by atoms with Gasteiger partial charge in [-0.05, 0) is 62.2 Å². The topological polar surface area (TPSA) is 61.4 Å². The van der Waals surface area contributed by atoms with Crippen LogP contribution in [0.15, 0.2) is 54.6 Å². The van der Waals surface area contributed by atoms with Crippen LogP contribution in [0, 0.1) is 20.8 Å². The fraction of sp³-hybridized carbons (Fsp3) is 0.308. The van der Waals surface area contributed by atoms with Gasteiger partial charge in [-0.3, -0.25) is 14.5 Å². The van der Waals surface area contributed by atoms with Gasteiger partial charge in [0, 0.05) is 5.69 Å². The first kappa shape index (κ1) is 22.5. The summed E-state index contributed by atoms with van der Waals surface area (Å²) >= 11 is 0. The van der Waals surface area contributed by atoms with E-state index in [1.807, 2.05) is 52.0 Å². The molecule has 3 aromatic rings. The molecule has 0 aliphatic heterocycles. The number of likely N-dealkylation sites (N-methyl/N-ethyl adjacent to an activating group) is 1. The van der Waals surface area contributed by atoms with Crippen LogP contribution in [0.5, 0.6) is 0 Å². The van der Waals surface area contributed by atoms with Crippen LogP contribution in [-0.2, 0) is 9.59 Å². The predicted octanol–water partition coefficient (Wildman–Crippen LogP) is 4.51. The summed E-state index contributed by atoms with van der Waals surface area (Å²) < 4.78 is 0. The number of carbonyl (C=O) groups is 2. The van der Waals surface area contributed by atoms with Gasteiger partial charge in [0.05, 0.1) is 19.1 Å². The second kappa shape index (κ2) is 9.75. The molecule has 0 unspecified atom stereocenters. The van der Waals surface area contributed by atoms with Crippen molar-refractivity contribution in [2.75, 3.05) is 25.5 Å².